The molecule has 5 aliphatic rings. The zero-order valence-electron chi connectivity index (χ0n) is 22.0. The topological polar surface area (TPSA) is 93.6 Å². The maximum absolute atomic E-state index is 14.3. The van der Waals surface area contributed by atoms with Crippen LogP contribution in [0.1, 0.15) is 26.7 Å². The molecule has 0 aromatic rings. The van der Waals surface area contributed by atoms with Gasteiger partial charge < -0.3 is 24.5 Å². The molecule has 6 atom stereocenters. The van der Waals surface area contributed by atoms with Crippen molar-refractivity contribution in [2.24, 2.45) is 11.8 Å². The van der Waals surface area contributed by atoms with Crippen molar-refractivity contribution in [2.45, 2.75) is 48.8 Å². The van der Waals surface area contributed by atoms with Crippen LogP contribution in [0.25, 0.3) is 0 Å². The molecule has 0 aromatic carbocycles. The van der Waals surface area contributed by atoms with Gasteiger partial charge in [-0.3, -0.25) is 19.3 Å². The molecule has 3 fully saturated rings. The Balaban J connectivity index is 1.50. The Morgan fingerprint density at radius 1 is 1.03 bits per heavy atom. The van der Waals surface area contributed by atoms with E-state index in [0.29, 0.717) is 45.8 Å². The van der Waals surface area contributed by atoms with Crippen LogP contribution >= 0.6 is 11.8 Å². The van der Waals surface area contributed by atoms with Gasteiger partial charge in [-0.05, 0) is 12.8 Å². The summed E-state index contributed by atoms with van der Waals surface area (Å²) >= 11 is 1.61. The number of carbonyl (C=O) groups is 3. The Bertz CT molecular complexity index is 949. The Morgan fingerprint density at radius 3 is 2.46 bits per heavy atom. The highest BCUT2D eigenvalue weighted by Gasteiger charge is 2.71. The number of ether oxygens (including phenoxy) is 1. The Morgan fingerprint density at radius 2 is 1.76 bits per heavy atom. The molecule has 3 amide bonds. The van der Waals surface area contributed by atoms with Crippen molar-refractivity contribution in [2.75, 3.05) is 65.6 Å². The molecule has 5 aliphatic heterocycles. The molecule has 5 heterocycles. The minimum Gasteiger partial charge on any atom is -0.394 e. The number of fused-ring (bicyclic) bond motifs is 2. The van der Waals surface area contributed by atoms with Crippen LogP contribution in [0.5, 0.6) is 0 Å². The minimum atomic E-state index is -0.824. The second-order valence-corrected chi connectivity index (χ2v) is 12.2. The maximum atomic E-state index is 14.3. The zero-order chi connectivity index (χ0) is 26.2. The molecule has 5 rings (SSSR count). The second-order valence-electron chi connectivity index (χ2n) is 10.7. The van der Waals surface area contributed by atoms with Crippen LogP contribution in [0.15, 0.2) is 24.3 Å². The van der Waals surface area contributed by atoms with Crippen molar-refractivity contribution in [3.63, 3.8) is 0 Å². The number of morpholine rings is 1. The molecule has 0 radical (unpaired) electrons. The third-order valence-electron chi connectivity index (χ3n) is 8.62. The molecule has 1 N–H and O–H groups in total. The molecule has 10 heteroatoms. The van der Waals surface area contributed by atoms with Crippen molar-refractivity contribution in [1.82, 2.24) is 19.6 Å². The monoisotopic (exact) mass is 532 g/mol. The number of likely N-dealkylation sites (tertiary alicyclic amines) is 1. The third-order valence-corrected chi connectivity index (χ3v) is 10.4. The van der Waals surface area contributed by atoms with Crippen LogP contribution in [0.2, 0.25) is 0 Å². The summed E-state index contributed by atoms with van der Waals surface area (Å²) in [4.78, 5) is 50.0. The molecular weight excluding hydrogens is 492 g/mol. The van der Waals surface area contributed by atoms with Crippen molar-refractivity contribution >= 4 is 29.5 Å². The number of thioether (sulfide) groups is 1. The molecule has 0 saturated carbocycles. The third kappa shape index (κ3) is 4.53. The maximum Gasteiger partial charge on any atom is 0.247 e. The lowest BCUT2D eigenvalue weighted by molar-refractivity contribution is -0.147. The zero-order valence-corrected chi connectivity index (χ0v) is 22.8. The highest BCUT2D eigenvalue weighted by molar-refractivity contribution is 8.02. The van der Waals surface area contributed by atoms with Crippen molar-refractivity contribution in [1.29, 1.82) is 0 Å². The number of aliphatic hydroxyl groups excluding tert-OH is 1. The van der Waals surface area contributed by atoms with E-state index in [-0.39, 0.29) is 29.6 Å². The van der Waals surface area contributed by atoms with E-state index in [0.717, 1.165) is 26.1 Å². The van der Waals surface area contributed by atoms with E-state index in [1.54, 1.807) is 16.7 Å². The highest BCUT2D eigenvalue weighted by atomic mass is 32.2. The quantitative estimate of drug-likeness (QED) is 0.458. The molecule has 9 nitrogen and oxygen atoms in total. The Hall–Kier alpha value is -1.88. The molecular formula is C27H40N4O5S. The number of aliphatic hydroxyl groups is 1. The summed E-state index contributed by atoms with van der Waals surface area (Å²) in [6.45, 7) is 9.88. The SMILES string of the molecule is CCCN1CC=C[C@H]2S[C@]34C=CCN(CCN5CCOCC5)C(=O)C3N([C@@H](CC)CO)C(=O)[C@@H]4[C@H]2C1=O. The fourth-order valence-corrected chi connectivity index (χ4v) is 8.73. The summed E-state index contributed by atoms with van der Waals surface area (Å²) in [5, 5.41) is 10.1. The van der Waals surface area contributed by atoms with Gasteiger partial charge in [0.2, 0.25) is 17.7 Å². The van der Waals surface area contributed by atoms with E-state index in [9.17, 15) is 19.5 Å². The van der Waals surface area contributed by atoms with Gasteiger partial charge in [-0.15, -0.1) is 11.8 Å². The largest absolute Gasteiger partial charge is 0.394 e. The highest BCUT2D eigenvalue weighted by Crippen LogP contribution is 2.61. The van der Waals surface area contributed by atoms with E-state index >= 15 is 0 Å². The molecule has 204 valence electrons. The number of hydrogen-bond acceptors (Lipinski definition) is 7. The molecule has 0 aliphatic carbocycles. The molecule has 0 bridgehead atoms. The van der Waals surface area contributed by atoms with Gasteiger partial charge in [-0.25, -0.2) is 0 Å². The molecule has 3 saturated heterocycles. The second kappa shape index (κ2) is 11.1. The van der Waals surface area contributed by atoms with Gasteiger partial charge in [0.1, 0.15) is 6.04 Å². The van der Waals surface area contributed by atoms with Gasteiger partial charge >= 0.3 is 0 Å². The summed E-state index contributed by atoms with van der Waals surface area (Å²) < 4.78 is 4.63. The number of nitrogens with zero attached hydrogens (tertiary/aromatic N) is 4. The van der Waals surface area contributed by atoms with Crippen molar-refractivity contribution in [3.8, 4) is 0 Å². The van der Waals surface area contributed by atoms with E-state index in [1.165, 1.54) is 0 Å². The average molecular weight is 533 g/mol. The normalized spacial score (nSPS) is 34.9. The van der Waals surface area contributed by atoms with E-state index in [4.69, 9.17) is 4.74 Å². The first-order valence-electron chi connectivity index (χ1n) is 13.8. The number of amides is 3. The number of carbonyl (C=O) groups excluding carboxylic acids is 3. The fraction of sp³-hybridized carbons (Fsp3) is 0.741. The van der Waals surface area contributed by atoms with Gasteiger partial charge in [0, 0.05) is 51.1 Å². The summed E-state index contributed by atoms with van der Waals surface area (Å²) in [7, 11) is 0. The summed E-state index contributed by atoms with van der Waals surface area (Å²) in [6, 6.07) is -1.19. The first-order chi connectivity index (χ1) is 18.0. The van der Waals surface area contributed by atoms with Crippen LogP contribution in [-0.2, 0) is 19.1 Å². The van der Waals surface area contributed by atoms with Crippen LogP contribution in [0.3, 0.4) is 0 Å². The molecule has 1 unspecified atom stereocenters. The minimum absolute atomic E-state index is 0.00601. The predicted octanol–water partition coefficient (Wildman–Crippen LogP) is 0.594. The van der Waals surface area contributed by atoms with Gasteiger partial charge in [0.25, 0.3) is 0 Å². The number of hydrogen-bond donors (Lipinski definition) is 1. The predicted molar refractivity (Wildman–Crippen MR) is 142 cm³/mol. The van der Waals surface area contributed by atoms with Crippen molar-refractivity contribution < 1.29 is 24.2 Å². The summed E-state index contributed by atoms with van der Waals surface area (Å²) in [5.41, 5.74) is 0. The van der Waals surface area contributed by atoms with Crippen LogP contribution in [0.4, 0.5) is 0 Å². The van der Waals surface area contributed by atoms with Crippen LogP contribution in [-0.4, -0.2) is 130 Å². The van der Waals surface area contributed by atoms with Crippen LogP contribution < -0.4 is 0 Å². The van der Waals surface area contributed by atoms with Crippen molar-refractivity contribution in [3.05, 3.63) is 24.3 Å². The summed E-state index contributed by atoms with van der Waals surface area (Å²) in [6.07, 6.45) is 9.59. The smallest absolute Gasteiger partial charge is 0.247 e. The molecule has 1 spiro atoms. The van der Waals surface area contributed by atoms with E-state index < -0.39 is 28.7 Å². The lowest BCUT2D eigenvalue weighted by Crippen LogP contribution is -2.57. The van der Waals surface area contributed by atoms with E-state index in [2.05, 4.69) is 17.1 Å². The van der Waals surface area contributed by atoms with Gasteiger partial charge in [0.15, 0.2) is 0 Å². The standard InChI is InChI=1S/C27H40N4O5S/c1-3-9-29-10-5-7-20-21(24(29)33)22-25(34)31(19(4-2)18-32)23-26(35)30(11-6-8-27(22,23)37-20)13-12-28-14-16-36-17-15-28/h5-8,19-23,32H,3-4,9-18H2,1-2H3/t19-,20+,21-,22-,23?,27-/m0/s1. The average Bonchev–Trinajstić information content (AvgIpc) is 3.23. The first kappa shape index (κ1) is 26.7. The lowest BCUT2D eigenvalue weighted by atomic mass is 9.78. The number of rotatable bonds is 8. The first-order valence-corrected chi connectivity index (χ1v) is 14.7. The lowest BCUT2D eigenvalue weighted by Gasteiger charge is -2.38. The van der Waals surface area contributed by atoms with Crippen LogP contribution in [0, 0.1) is 11.8 Å². The van der Waals surface area contributed by atoms with E-state index in [1.807, 2.05) is 35.8 Å². The Kier molecular flexibility index (Phi) is 8.00. The Labute approximate surface area is 223 Å². The van der Waals surface area contributed by atoms with Gasteiger partial charge in [-0.2, -0.15) is 0 Å². The molecule has 37 heavy (non-hydrogen) atoms. The fourth-order valence-electron chi connectivity index (χ4n) is 6.74. The summed E-state index contributed by atoms with van der Waals surface area (Å²) in [5.74, 6) is -1.37. The van der Waals surface area contributed by atoms with Gasteiger partial charge in [0.05, 0.1) is 42.4 Å². The molecule has 0 aromatic heterocycles. The van der Waals surface area contributed by atoms with Gasteiger partial charge in [-0.1, -0.05) is 38.2 Å².